The fourth-order valence-electron chi connectivity index (χ4n) is 1.40. The second-order valence-electron chi connectivity index (χ2n) is 3.70. The zero-order chi connectivity index (χ0) is 11.4. The fourth-order valence-corrected chi connectivity index (χ4v) is 1.40. The molecule has 0 radical (unpaired) electrons. The maximum absolute atomic E-state index is 4.26. The molecule has 0 spiro atoms. The highest BCUT2D eigenvalue weighted by atomic mass is 14.8. The van der Waals surface area contributed by atoms with Crippen molar-refractivity contribution in [1.29, 1.82) is 0 Å². The number of hydrogen-bond acceptors (Lipinski definition) is 3. The van der Waals surface area contributed by atoms with Gasteiger partial charge in [0.05, 0.1) is 12.1 Å². The van der Waals surface area contributed by atoms with Crippen LogP contribution >= 0.6 is 0 Å². The van der Waals surface area contributed by atoms with E-state index in [1.165, 1.54) is 32.1 Å². The molecule has 1 aliphatic carbocycles. The van der Waals surface area contributed by atoms with Crippen LogP contribution in [0.4, 0.5) is 0 Å². The average Bonchev–Trinajstić information content (AvgIpc) is 2.31. The van der Waals surface area contributed by atoms with Gasteiger partial charge in [0.15, 0.2) is 0 Å². The maximum Gasteiger partial charge on any atom is 0.0895 e. The number of nitrogens with one attached hydrogen (secondary N) is 1. The first-order valence-electron chi connectivity index (χ1n) is 6.11. The molecule has 0 aliphatic heterocycles. The molecule has 1 N–H and O–H groups in total. The third-order valence-electron chi connectivity index (χ3n) is 2.40. The summed E-state index contributed by atoms with van der Waals surface area (Å²) < 4.78 is 0. The zero-order valence-corrected chi connectivity index (χ0v) is 10.4. The third kappa shape index (κ3) is 9.64. The first-order valence-corrected chi connectivity index (χ1v) is 6.11. The summed E-state index contributed by atoms with van der Waals surface area (Å²) in [5, 5.41) is 2.93. The van der Waals surface area contributed by atoms with Crippen LogP contribution in [-0.4, -0.2) is 32.2 Å². The van der Waals surface area contributed by atoms with E-state index in [0.717, 1.165) is 13.1 Å². The van der Waals surface area contributed by atoms with E-state index in [1.54, 1.807) is 0 Å². The standard InChI is InChI=1S/C9H16N2.C3H9N/c1-2-10-8-11-9-6-4-3-5-7-9;1-3-4-2/h9H,2-7H2,1H3;4H,3H2,1-2H3. The monoisotopic (exact) mass is 211 g/mol. The van der Waals surface area contributed by atoms with Crippen molar-refractivity contribution >= 4 is 6.01 Å². The highest BCUT2D eigenvalue weighted by Gasteiger charge is 2.10. The summed E-state index contributed by atoms with van der Waals surface area (Å²) in [6.07, 6.45) is 6.54. The quantitative estimate of drug-likeness (QED) is 0.716. The summed E-state index contributed by atoms with van der Waals surface area (Å²) in [4.78, 5) is 8.21. The Morgan fingerprint density at radius 3 is 2.27 bits per heavy atom. The maximum atomic E-state index is 4.26. The van der Waals surface area contributed by atoms with Crippen molar-refractivity contribution < 1.29 is 0 Å². The first-order chi connectivity index (χ1) is 7.35. The molecule has 15 heavy (non-hydrogen) atoms. The van der Waals surface area contributed by atoms with Crippen LogP contribution in [0.1, 0.15) is 46.0 Å². The fraction of sp³-hybridized carbons (Fsp3) is 0.917. The Kier molecular flexibility index (Phi) is 10.9. The average molecular weight is 211 g/mol. The van der Waals surface area contributed by atoms with Crippen LogP contribution in [0.3, 0.4) is 0 Å². The largest absolute Gasteiger partial charge is 0.320 e. The molecule has 3 heteroatoms. The van der Waals surface area contributed by atoms with Crippen LogP contribution in [0.5, 0.6) is 0 Å². The Labute approximate surface area is 94.1 Å². The predicted octanol–water partition coefficient (Wildman–Crippen LogP) is 2.74. The van der Waals surface area contributed by atoms with Gasteiger partial charge in [-0.25, -0.2) is 9.98 Å². The molecule has 0 aromatic heterocycles. The number of aliphatic imine (C=N–C) groups is 2. The van der Waals surface area contributed by atoms with Crippen LogP contribution in [0, 0.1) is 0 Å². The minimum absolute atomic E-state index is 0.527. The van der Waals surface area contributed by atoms with Crippen molar-refractivity contribution in [2.24, 2.45) is 9.98 Å². The van der Waals surface area contributed by atoms with Crippen molar-refractivity contribution in [2.75, 3.05) is 20.1 Å². The van der Waals surface area contributed by atoms with Crippen LogP contribution < -0.4 is 5.32 Å². The van der Waals surface area contributed by atoms with Crippen molar-refractivity contribution in [3.05, 3.63) is 0 Å². The Morgan fingerprint density at radius 1 is 1.20 bits per heavy atom. The number of hydrogen-bond donors (Lipinski definition) is 1. The SMILES string of the molecule is CCN=C=NC1CCCCC1.CCNC. The molecular formula is C12H25N3. The molecule has 1 fully saturated rings. The summed E-state index contributed by atoms with van der Waals surface area (Å²) in [5.74, 6) is 0. The van der Waals surface area contributed by atoms with Crippen molar-refractivity contribution in [3.8, 4) is 0 Å². The van der Waals surface area contributed by atoms with Gasteiger partial charge < -0.3 is 5.32 Å². The molecule has 0 amide bonds. The van der Waals surface area contributed by atoms with Crippen LogP contribution in [-0.2, 0) is 0 Å². The number of rotatable bonds is 3. The second kappa shape index (κ2) is 11.4. The van der Waals surface area contributed by atoms with Gasteiger partial charge >= 0.3 is 0 Å². The van der Waals surface area contributed by atoms with Gasteiger partial charge in [-0.1, -0.05) is 26.2 Å². The molecular weight excluding hydrogens is 186 g/mol. The van der Waals surface area contributed by atoms with Gasteiger partial charge in [-0.05, 0) is 33.4 Å². The molecule has 1 rings (SSSR count). The van der Waals surface area contributed by atoms with Gasteiger partial charge in [0.25, 0.3) is 0 Å². The second-order valence-corrected chi connectivity index (χ2v) is 3.70. The summed E-state index contributed by atoms with van der Waals surface area (Å²) in [5.41, 5.74) is 0. The van der Waals surface area contributed by atoms with Gasteiger partial charge in [0, 0.05) is 6.54 Å². The van der Waals surface area contributed by atoms with Crippen molar-refractivity contribution in [2.45, 2.75) is 52.0 Å². The van der Waals surface area contributed by atoms with Gasteiger partial charge in [-0.2, -0.15) is 0 Å². The highest BCUT2D eigenvalue weighted by Crippen LogP contribution is 2.19. The Bertz CT molecular complexity index is 175. The van der Waals surface area contributed by atoms with E-state index in [2.05, 4.69) is 28.2 Å². The minimum Gasteiger partial charge on any atom is -0.320 e. The third-order valence-corrected chi connectivity index (χ3v) is 2.40. The van der Waals surface area contributed by atoms with Gasteiger partial charge in [0.1, 0.15) is 0 Å². The molecule has 3 nitrogen and oxygen atoms in total. The number of nitrogens with zero attached hydrogens (tertiary/aromatic N) is 2. The molecule has 1 aliphatic rings. The van der Waals surface area contributed by atoms with Crippen molar-refractivity contribution in [1.82, 2.24) is 5.32 Å². The molecule has 1 saturated carbocycles. The molecule has 0 aromatic rings. The Hall–Kier alpha value is -0.660. The Balaban J connectivity index is 0.000000423. The van der Waals surface area contributed by atoms with Crippen LogP contribution in [0.2, 0.25) is 0 Å². The lowest BCUT2D eigenvalue weighted by atomic mass is 9.96. The van der Waals surface area contributed by atoms with Crippen molar-refractivity contribution in [3.63, 3.8) is 0 Å². The molecule has 88 valence electrons. The molecule has 0 atom stereocenters. The normalized spacial score (nSPS) is 15.9. The van der Waals surface area contributed by atoms with E-state index in [9.17, 15) is 0 Å². The van der Waals surface area contributed by atoms with E-state index < -0.39 is 0 Å². The van der Waals surface area contributed by atoms with Crippen LogP contribution in [0.25, 0.3) is 0 Å². The summed E-state index contributed by atoms with van der Waals surface area (Å²) >= 11 is 0. The summed E-state index contributed by atoms with van der Waals surface area (Å²) in [6, 6.07) is 3.28. The minimum atomic E-state index is 0.527. The molecule has 0 aromatic carbocycles. The molecule has 0 bridgehead atoms. The van der Waals surface area contributed by atoms with Gasteiger partial charge in [-0.15, -0.1) is 0 Å². The van der Waals surface area contributed by atoms with E-state index in [4.69, 9.17) is 0 Å². The van der Waals surface area contributed by atoms with Gasteiger partial charge in [0.2, 0.25) is 0 Å². The predicted molar refractivity (Wildman–Crippen MR) is 66.9 cm³/mol. The van der Waals surface area contributed by atoms with E-state index >= 15 is 0 Å². The Morgan fingerprint density at radius 2 is 1.80 bits per heavy atom. The van der Waals surface area contributed by atoms with E-state index in [-0.39, 0.29) is 0 Å². The summed E-state index contributed by atoms with van der Waals surface area (Å²) in [6.45, 7) is 5.94. The van der Waals surface area contributed by atoms with Gasteiger partial charge in [-0.3, -0.25) is 0 Å². The first kappa shape index (κ1) is 14.3. The zero-order valence-electron chi connectivity index (χ0n) is 10.4. The lowest BCUT2D eigenvalue weighted by Crippen LogP contribution is -2.08. The molecule has 0 unspecified atom stereocenters. The van der Waals surface area contributed by atoms with E-state index in [1.807, 2.05) is 14.0 Å². The topological polar surface area (TPSA) is 36.8 Å². The smallest absolute Gasteiger partial charge is 0.0895 e. The lowest BCUT2D eigenvalue weighted by Gasteiger charge is -2.15. The highest BCUT2D eigenvalue weighted by molar-refractivity contribution is 5.41. The molecule has 0 heterocycles. The lowest BCUT2D eigenvalue weighted by molar-refractivity contribution is 0.444. The molecule has 0 saturated heterocycles. The van der Waals surface area contributed by atoms with Crippen LogP contribution in [0.15, 0.2) is 9.98 Å². The summed E-state index contributed by atoms with van der Waals surface area (Å²) in [7, 11) is 1.93. The van der Waals surface area contributed by atoms with E-state index in [0.29, 0.717) is 6.04 Å².